The molecule has 0 fully saturated rings. The number of hydrogen-bond donors (Lipinski definition) is 3. The molecule has 0 saturated carbocycles. The highest BCUT2D eigenvalue weighted by molar-refractivity contribution is 5.78. The van der Waals surface area contributed by atoms with Gasteiger partial charge in [-0.25, -0.2) is 20.6 Å². The first kappa shape index (κ1) is 17.1. The summed E-state index contributed by atoms with van der Waals surface area (Å²) >= 11 is 0. The number of anilines is 2. The van der Waals surface area contributed by atoms with Crippen LogP contribution in [0.4, 0.5) is 11.6 Å². The molecule has 1 heterocycles. The number of carbonyl (C=O) groups excluding carboxylic acids is 1. The Balaban J connectivity index is 2.95. The fourth-order valence-electron chi connectivity index (χ4n) is 1.84. The van der Waals surface area contributed by atoms with Gasteiger partial charge in [0.05, 0.1) is 7.11 Å². The SMILES string of the molecule is COCc1nc(NN)cc(NC(CC(C)C)C(=O)OC)n1. The van der Waals surface area contributed by atoms with Crippen molar-refractivity contribution in [2.75, 3.05) is 25.0 Å². The number of hydrogen-bond acceptors (Lipinski definition) is 8. The number of esters is 1. The molecule has 0 amide bonds. The van der Waals surface area contributed by atoms with Gasteiger partial charge in [0.1, 0.15) is 24.3 Å². The quantitative estimate of drug-likeness (QED) is 0.369. The Morgan fingerprint density at radius 1 is 1.33 bits per heavy atom. The highest BCUT2D eigenvalue weighted by atomic mass is 16.5. The predicted molar refractivity (Wildman–Crippen MR) is 79.4 cm³/mol. The second kappa shape index (κ2) is 8.38. The molecule has 4 N–H and O–H groups in total. The normalized spacial score (nSPS) is 12.1. The monoisotopic (exact) mass is 297 g/mol. The fraction of sp³-hybridized carbons (Fsp3) is 0.615. The van der Waals surface area contributed by atoms with Crippen LogP contribution in [0.5, 0.6) is 0 Å². The molecular weight excluding hydrogens is 274 g/mol. The molecule has 0 radical (unpaired) electrons. The van der Waals surface area contributed by atoms with Crippen LogP contribution in [-0.4, -0.2) is 36.2 Å². The van der Waals surface area contributed by atoms with Crippen molar-refractivity contribution in [1.29, 1.82) is 0 Å². The van der Waals surface area contributed by atoms with Gasteiger partial charge in [-0.1, -0.05) is 13.8 Å². The van der Waals surface area contributed by atoms with E-state index in [-0.39, 0.29) is 12.6 Å². The molecule has 1 aromatic heterocycles. The third-order valence-corrected chi connectivity index (χ3v) is 2.71. The lowest BCUT2D eigenvalue weighted by molar-refractivity contribution is -0.141. The average Bonchev–Trinajstić information content (AvgIpc) is 2.45. The third-order valence-electron chi connectivity index (χ3n) is 2.71. The van der Waals surface area contributed by atoms with Crippen LogP contribution in [0, 0.1) is 5.92 Å². The van der Waals surface area contributed by atoms with Crippen LogP contribution in [0.3, 0.4) is 0 Å². The van der Waals surface area contributed by atoms with Crippen LogP contribution >= 0.6 is 0 Å². The summed E-state index contributed by atoms with van der Waals surface area (Å²) < 4.78 is 9.82. The van der Waals surface area contributed by atoms with E-state index in [0.29, 0.717) is 29.8 Å². The van der Waals surface area contributed by atoms with Crippen LogP contribution in [-0.2, 0) is 20.9 Å². The van der Waals surface area contributed by atoms with Gasteiger partial charge < -0.3 is 20.2 Å². The Labute approximate surface area is 124 Å². The van der Waals surface area contributed by atoms with Gasteiger partial charge in [0.25, 0.3) is 0 Å². The number of nitrogens with one attached hydrogen (secondary N) is 2. The van der Waals surface area contributed by atoms with Gasteiger partial charge in [-0.3, -0.25) is 0 Å². The largest absolute Gasteiger partial charge is 0.467 e. The zero-order valence-corrected chi connectivity index (χ0v) is 12.8. The number of nitrogen functional groups attached to an aromatic ring is 1. The number of carbonyl (C=O) groups is 1. The first-order chi connectivity index (χ1) is 9.99. The Kier molecular flexibility index (Phi) is 6.83. The van der Waals surface area contributed by atoms with Crippen LogP contribution in [0.15, 0.2) is 6.07 Å². The highest BCUT2D eigenvalue weighted by Gasteiger charge is 2.21. The molecule has 8 nitrogen and oxygen atoms in total. The second-order valence-electron chi connectivity index (χ2n) is 4.98. The molecule has 1 atom stereocenters. The van der Waals surface area contributed by atoms with E-state index in [0.717, 1.165) is 0 Å². The Morgan fingerprint density at radius 3 is 2.52 bits per heavy atom. The standard InChI is InChI=1S/C13H23N5O3/c1-8(2)5-9(13(19)21-4)15-10-6-11(18-14)17-12(16-10)7-20-3/h6,8-9H,5,7,14H2,1-4H3,(H2,15,16,17,18). The van der Waals surface area contributed by atoms with Crippen molar-refractivity contribution in [3.8, 4) is 0 Å². The first-order valence-corrected chi connectivity index (χ1v) is 6.68. The lowest BCUT2D eigenvalue weighted by atomic mass is 10.0. The minimum Gasteiger partial charge on any atom is -0.467 e. The molecule has 0 saturated heterocycles. The van der Waals surface area contributed by atoms with E-state index >= 15 is 0 Å². The van der Waals surface area contributed by atoms with Crippen molar-refractivity contribution >= 4 is 17.6 Å². The molecule has 0 spiro atoms. The molecule has 1 aromatic rings. The molecular formula is C13H23N5O3. The summed E-state index contributed by atoms with van der Waals surface area (Å²) in [6, 6.07) is 1.14. The minimum atomic E-state index is -0.481. The molecule has 0 aliphatic heterocycles. The lowest BCUT2D eigenvalue weighted by Crippen LogP contribution is -2.32. The summed E-state index contributed by atoms with van der Waals surface area (Å²) in [4.78, 5) is 20.3. The summed E-state index contributed by atoms with van der Waals surface area (Å²) in [6.07, 6.45) is 0.627. The average molecular weight is 297 g/mol. The number of nitrogens with zero attached hydrogens (tertiary/aromatic N) is 2. The topological polar surface area (TPSA) is 111 Å². The summed E-state index contributed by atoms with van der Waals surface area (Å²) in [5, 5.41) is 3.06. The number of rotatable bonds is 8. The maximum absolute atomic E-state index is 11.8. The Morgan fingerprint density at radius 2 is 2.00 bits per heavy atom. The molecule has 8 heteroatoms. The maximum atomic E-state index is 11.8. The van der Waals surface area contributed by atoms with Crippen molar-refractivity contribution in [3.05, 3.63) is 11.9 Å². The van der Waals surface area contributed by atoms with Crippen molar-refractivity contribution in [2.45, 2.75) is 32.9 Å². The summed E-state index contributed by atoms with van der Waals surface area (Å²) in [6.45, 7) is 4.30. The third kappa shape index (κ3) is 5.52. The molecule has 118 valence electrons. The van der Waals surface area contributed by atoms with Crippen LogP contribution < -0.4 is 16.6 Å². The van der Waals surface area contributed by atoms with Crippen LogP contribution in [0.2, 0.25) is 0 Å². The van der Waals surface area contributed by atoms with Gasteiger partial charge in [-0.15, -0.1) is 0 Å². The molecule has 1 unspecified atom stereocenters. The van der Waals surface area contributed by atoms with Crippen LogP contribution in [0.1, 0.15) is 26.1 Å². The van der Waals surface area contributed by atoms with Crippen molar-refractivity contribution < 1.29 is 14.3 Å². The number of nitrogens with two attached hydrogens (primary N) is 1. The smallest absolute Gasteiger partial charge is 0.328 e. The Bertz CT molecular complexity index is 467. The molecule has 21 heavy (non-hydrogen) atoms. The summed E-state index contributed by atoms with van der Waals surface area (Å²) in [5.41, 5.74) is 2.46. The maximum Gasteiger partial charge on any atom is 0.328 e. The number of methoxy groups -OCH3 is 2. The van der Waals surface area contributed by atoms with Gasteiger partial charge in [-0.2, -0.15) is 0 Å². The van der Waals surface area contributed by atoms with Crippen LogP contribution in [0.25, 0.3) is 0 Å². The zero-order valence-electron chi connectivity index (χ0n) is 12.8. The van der Waals surface area contributed by atoms with Gasteiger partial charge in [-0.05, 0) is 12.3 Å². The lowest BCUT2D eigenvalue weighted by Gasteiger charge is -2.19. The first-order valence-electron chi connectivity index (χ1n) is 6.68. The highest BCUT2D eigenvalue weighted by Crippen LogP contribution is 2.16. The van der Waals surface area contributed by atoms with E-state index in [4.69, 9.17) is 15.3 Å². The molecule has 0 aliphatic rings. The molecule has 0 aromatic carbocycles. The summed E-state index contributed by atoms with van der Waals surface area (Å²) in [7, 11) is 2.91. The number of ether oxygens (including phenoxy) is 2. The summed E-state index contributed by atoms with van der Waals surface area (Å²) in [5.74, 6) is 6.76. The number of hydrazine groups is 1. The second-order valence-corrected chi connectivity index (χ2v) is 4.98. The Hall–Kier alpha value is -1.93. The fourth-order valence-corrected chi connectivity index (χ4v) is 1.84. The minimum absolute atomic E-state index is 0.247. The van der Waals surface area contributed by atoms with Crippen molar-refractivity contribution in [2.24, 2.45) is 11.8 Å². The van der Waals surface area contributed by atoms with E-state index < -0.39 is 6.04 Å². The molecule has 1 rings (SSSR count). The number of aromatic nitrogens is 2. The van der Waals surface area contributed by atoms with Gasteiger partial charge in [0, 0.05) is 13.2 Å². The van der Waals surface area contributed by atoms with E-state index in [9.17, 15) is 4.79 Å². The predicted octanol–water partition coefficient (Wildman–Crippen LogP) is 0.908. The van der Waals surface area contributed by atoms with Crippen molar-refractivity contribution in [3.63, 3.8) is 0 Å². The van der Waals surface area contributed by atoms with E-state index in [2.05, 4.69) is 20.7 Å². The van der Waals surface area contributed by atoms with E-state index in [1.54, 1.807) is 13.2 Å². The van der Waals surface area contributed by atoms with Gasteiger partial charge in [0.15, 0.2) is 5.82 Å². The molecule has 0 bridgehead atoms. The zero-order chi connectivity index (χ0) is 15.8. The van der Waals surface area contributed by atoms with Gasteiger partial charge >= 0.3 is 5.97 Å². The van der Waals surface area contributed by atoms with E-state index in [1.165, 1.54) is 7.11 Å². The van der Waals surface area contributed by atoms with E-state index in [1.807, 2.05) is 13.8 Å². The van der Waals surface area contributed by atoms with Gasteiger partial charge in [0.2, 0.25) is 0 Å². The molecule has 0 aliphatic carbocycles. The van der Waals surface area contributed by atoms with Crippen molar-refractivity contribution in [1.82, 2.24) is 9.97 Å².